The number of carbonyl (C=O) groups is 1. The summed E-state index contributed by atoms with van der Waals surface area (Å²) in [4.78, 5) is 42.2. The first-order chi connectivity index (χ1) is 25.1. The van der Waals surface area contributed by atoms with Gasteiger partial charge in [-0.05, 0) is 60.8 Å². The second kappa shape index (κ2) is 14.8. The van der Waals surface area contributed by atoms with Crippen LogP contribution in [0.25, 0.3) is 23.0 Å². The molecule has 1 aliphatic rings. The molecule has 0 unspecified atom stereocenters. The lowest BCUT2D eigenvalue weighted by atomic mass is 9.93. The van der Waals surface area contributed by atoms with Gasteiger partial charge in [0.25, 0.3) is 5.56 Å². The van der Waals surface area contributed by atoms with Crippen molar-refractivity contribution in [1.29, 1.82) is 0 Å². The van der Waals surface area contributed by atoms with Crippen molar-refractivity contribution in [3.63, 3.8) is 0 Å². The molecule has 0 amide bonds. The number of thiazole rings is 1. The summed E-state index contributed by atoms with van der Waals surface area (Å²) < 4.78 is 54.6. The van der Waals surface area contributed by atoms with Gasteiger partial charge in [-0.2, -0.15) is 13.2 Å². The van der Waals surface area contributed by atoms with Gasteiger partial charge in [-0.25, -0.2) is 19.8 Å². The van der Waals surface area contributed by atoms with Crippen molar-refractivity contribution in [2.45, 2.75) is 34.3 Å². The molecule has 0 spiro atoms. The van der Waals surface area contributed by atoms with Gasteiger partial charge in [0.1, 0.15) is 11.5 Å². The number of halogens is 3. The molecule has 0 saturated heterocycles. The van der Waals surface area contributed by atoms with Gasteiger partial charge in [0, 0.05) is 22.1 Å². The lowest BCUT2D eigenvalue weighted by molar-refractivity contribution is -0.141. The molecule has 0 radical (unpaired) electrons. The van der Waals surface area contributed by atoms with Crippen LogP contribution in [0.5, 0.6) is 0 Å². The molecular weight excluding hydrogens is 730 g/mol. The first-order valence-electron chi connectivity index (χ1n) is 15.8. The molecule has 0 fully saturated rings. The molecule has 262 valence electrons. The number of hydrogen-bond donors (Lipinski definition) is 0. The highest BCUT2D eigenvalue weighted by atomic mass is 32.2. The number of rotatable bonds is 9. The lowest BCUT2D eigenvalue weighted by Gasteiger charge is -2.26. The van der Waals surface area contributed by atoms with E-state index in [4.69, 9.17) is 14.1 Å². The number of fused-ring (bicyclic) bond motifs is 1. The van der Waals surface area contributed by atoms with Gasteiger partial charge < -0.3 is 9.15 Å². The van der Waals surface area contributed by atoms with E-state index in [-0.39, 0.29) is 38.4 Å². The maximum atomic E-state index is 14.2. The third kappa shape index (κ3) is 7.27. The summed E-state index contributed by atoms with van der Waals surface area (Å²) in [5, 5.41) is 0.0708. The molecule has 3 aromatic carbocycles. The first kappa shape index (κ1) is 35.2. The Balaban J connectivity index is 1.31. The zero-order valence-corrected chi connectivity index (χ0v) is 29.9. The van der Waals surface area contributed by atoms with Crippen LogP contribution in [-0.2, 0) is 15.7 Å². The fourth-order valence-corrected chi connectivity index (χ4v) is 7.73. The minimum absolute atomic E-state index is 0.119. The van der Waals surface area contributed by atoms with Crippen molar-refractivity contribution in [1.82, 2.24) is 14.5 Å². The number of benzene rings is 3. The number of furan rings is 1. The molecule has 4 heterocycles. The van der Waals surface area contributed by atoms with Crippen molar-refractivity contribution in [2.24, 2.45) is 4.99 Å². The van der Waals surface area contributed by atoms with E-state index >= 15 is 0 Å². The summed E-state index contributed by atoms with van der Waals surface area (Å²) >= 11 is 3.53. The molecule has 14 heteroatoms. The molecule has 3 aromatic heterocycles. The van der Waals surface area contributed by atoms with Crippen LogP contribution in [0.3, 0.4) is 0 Å². The molecule has 0 N–H and O–H groups in total. The summed E-state index contributed by atoms with van der Waals surface area (Å²) in [6.45, 7) is 1.85. The zero-order valence-electron chi connectivity index (χ0n) is 27.5. The Kier molecular flexibility index (Phi) is 10.0. The predicted molar refractivity (Wildman–Crippen MR) is 195 cm³/mol. The van der Waals surface area contributed by atoms with Gasteiger partial charge in [0.2, 0.25) is 0 Å². The van der Waals surface area contributed by atoms with Crippen molar-refractivity contribution in [3.8, 4) is 11.3 Å². The number of aromatic nitrogens is 3. The Bertz CT molecular complexity index is 2480. The number of carbonyl (C=O) groups excluding carboxylic acids is 1. The van der Waals surface area contributed by atoms with Crippen molar-refractivity contribution in [2.75, 3.05) is 12.9 Å². The van der Waals surface area contributed by atoms with Gasteiger partial charge in [-0.1, -0.05) is 84.1 Å². The van der Waals surface area contributed by atoms with E-state index < -0.39 is 29.4 Å². The first-order valence-corrected chi connectivity index (χ1v) is 18.7. The zero-order chi connectivity index (χ0) is 36.4. The smallest absolute Gasteiger partial charge is 0.433 e. The summed E-state index contributed by atoms with van der Waals surface area (Å²) in [6.07, 6.45) is -1.18. The number of alkyl halides is 3. The lowest BCUT2D eigenvalue weighted by Crippen LogP contribution is -2.40. The summed E-state index contributed by atoms with van der Waals surface area (Å²) in [6, 6.07) is 28.6. The Morgan fingerprint density at radius 1 is 0.962 bits per heavy atom. The number of hydrogen-bond acceptors (Lipinski definition) is 10. The van der Waals surface area contributed by atoms with Crippen molar-refractivity contribution >= 4 is 52.6 Å². The van der Waals surface area contributed by atoms with Crippen LogP contribution < -0.4 is 14.9 Å². The molecule has 8 nitrogen and oxygen atoms in total. The second-order valence-corrected chi connectivity index (χ2v) is 14.1. The Hall–Kier alpha value is -5.18. The minimum Gasteiger partial charge on any atom is -0.463 e. The molecular formula is C38H27F3N4O4S3. The molecule has 7 rings (SSSR count). The fourth-order valence-electron chi connectivity index (χ4n) is 5.60. The maximum Gasteiger partial charge on any atom is 0.433 e. The Morgan fingerprint density at radius 3 is 2.31 bits per heavy atom. The van der Waals surface area contributed by atoms with Crippen LogP contribution in [0.2, 0.25) is 0 Å². The van der Waals surface area contributed by atoms with Crippen LogP contribution >= 0.6 is 34.9 Å². The van der Waals surface area contributed by atoms with Crippen molar-refractivity contribution in [3.05, 3.63) is 151 Å². The standard InChI is InChI=1S/C38H27F3N4O4S3/c1-3-48-35(47)31-32(23-12-8-5-9-13-23)44-37-45(33(31)24-14-17-26(50-2)18-15-24)34(46)28(51-37)20-25-16-19-30(49-25)52-36-42-27(22-10-6-4-7-11-22)21-29(43-36)38(39,40)41/h4-21,33H,3H2,1-2H3/b28-20+/t33-/m0/s1. The summed E-state index contributed by atoms with van der Waals surface area (Å²) in [5.74, 6) is -0.310. The predicted octanol–water partition coefficient (Wildman–Crippen LogP) is 7.88. The number of ether oxygens (including phenoxy) is 1. The summed E-state index contributed by atoms with van der Waals surface area (Å²) in [7, 11) is 0. The minimum atomic E-state index is -4.69. The molecule has 52 heavy (non-hydrogen) atoms. The van der Waals surface area contributed by atoms with E-state index in [1.165, 1.54) is 4.57 Å². The van der Waals surface area contributed by atoms with E-state index in [2.05, 4.69) is 9.97 Å². The number of esters is 1. The molecule has 0 bridgehead atoms. The van der Waals surface area contributed by atoms with E-state index in [0.717, 1.165) is 34.1 Å². The Labute approximate surface area is 307 Å². The number of nitrogens with zero attached hydrogens (tertiary/aromatic N) is 4. The van der Waals surface area contributed by atoms with Crippen LogP contribution in [0.1, 0.15) is 35.5 Å². The quantitative estimate of drug-likeness (QED) is 0.0836. The third-order valence-corrected chi connectivity index (χ3v) is 10.5. The monoisotopic (exact) mass is 756 g/mol. The highest BCUT2D eigenvalue weighted by Crippen LogP contribution is 2.37. The van der Waals surface area contributed by atoms with Gasteiger partial charge in [-0.3, -0.25) is 9.36 Å². The topological polar surface area (TPSA) is 99.6 Å². The average Bonchev–Trinajstić information content (AvgIpc) is 3.73. The highest BCUT2D eigenvalue weighted by molar-refractivity contribution is 7.99. The van der Waals surface area contributed by atoms with E-state index in [1.54, 1.807) is 67.2 Å². The largest absolute Gasteiger partial charge is 0.463 e. The molecule has 0 aliphatic carbocycles. The Morgan fingerprint density at radius 2 is 1.65 bits per heavy atom. The van der Waals surface area contributed by atoms with Crippen LogP contribution in [0.4, 0.5) is 13.2 Å². The molecule has 6 aromatic rings. The van der Waals surface area contributed by atoms with Crippen LogP contribution in [0, 0.1) is 0 Å². The average molecular weight is 757 g/mol. The number of thioether (sulfide) groups is 1. The van der Waals surface area contributed by atoms with E-state index in [0.29, 0.717) is 27.2 Å². The summed E-state index contributed by atoms with van der Waals surface area (Å²) in [5.41, 5.74) is 1.16. The molecule has 1 aliphatic heterocycles. The normalized spacial score (nSPS) is 14.6. The second-order valence-electron chi connectivity index (χ2n) is 11.2. The van der Waals surface area contributed by atoms with E-state index in [1.807, 2.05) is 60.9 Å². The third-order valence-electron chi connectivity index (χ3n) is 7.94. The fraction of sp³-hybridized carbons (Fsp3) is 0.132. The maximum absolute atomic E-state index is 14.2. The van der Waals surface area contributed by atoms with Gasteiger partial charge in [0.15, 0.2) is 15.1 Å². The molecule has 0 saturated carbocycles. The van der Waals surface area contributed by atoms with Gasteiger partial charge in [-0.15, -0.1) is 11.8 Å². The van der Waals surface area contributed by atoms with Gasteiger partial charge >= 0.3 is 12.1 Å². The van der Waals surface area contributed by atoms with E-state index in [9.17, 15) is 22.8 Å². The van der Waals surface area contributed by atoms with Crippen LogP contribution in [0.15, 0.2) is 138 Å². The highest BCUT2D eigenvalue weighted by Gasteiger charge is 2.36. The van der Waals surface area contributed by atoms with Crippen molar-refractivity contribution < 1.29 is 27.1 Å². The van der Waals surface area contributed by atoms with Gasteiger partial charge in [0.05, 0.1) is 34.1 Å². The molecule has 1 atom stereocenters. The van der Waals surface area contributed by atoms with Crippen LogP contribution in [-0.4, -0.2) is 33.4 Å². The SMILES string of the molecule is CCOC(=O)C1=C(c2ccccc2)N=c2s/c(=C/c3ccc(Sc4nc(-c5ccccc5)cc(C(F)(F)F)n4)o3)c(=O)n2[C@H]1c1ccc(SC)cc1.